The number of rotatable bonds is 2. The van der Waals surface area contributed by atoms with Gasteiger partial charge in [-0.3, -0.25) is 10.00 Å². The minimum Gasteiger partial charge on any atom is -0.506 e. The van der Waals surface area contributed by atoms with Crippen LogP contribution in [-0.4, -0.2) is 26.6 Å². The Balaban J connectivity index is 2.25. The van der Waals surface area contributed by atoms with Crippen molar-refractivity contribution >= 4 is 17.6 Å². The first kappa shape index (κ1) is 15.7. The van der Waals surface area contributed by atoms with E-state index in [-0.39, 0.29) is 11.4 Å². The molecule has 1 heterocycles. The van der Waals surface area contributed by atoms with E-state index in [1.807, 2.05) is 0 Å². The van der Waals surface area contributed by atoms with Crippen molar-refractivity contribution in [2.24, 2.45) is 7.05 Å². The van der Waals surface area contributed by atoms with Crippen LogP contribution in [0.5, 0.6) is 5.75 Å². The maximum atomic E-state index is 11.8. The van der Waals surface area contributed by atoms with Gasteiger partial charge in [-0.1, -0.05) is 0 Å². The van der Waals surface area contributed by atoms with Crippen molar-refractivity contribution in [3.05, 3.63) is 24.3 Å². The quantitative estimate of drug-likeness (QED) is 0.740. The third kappa shape index (κ3) is 3.69. The lowest BCUT2D eigenvalue weighted by atomic mass is 10.1. The first-order valence-electron chi connectivity index (χ1n) is 6.78. The molecule has 0 atom stereocenters. The molecule has 0 aliphatic carbocycles. The highest BCUT2D eigenvalue weighted by Crippen LogP contribution is 2.30. The Bertz CT molecular complexity index is 682. The molecule has 0 aliphatic heterocycles. The normalized spacial score (nSPS) is 11.3. The number of aromatic hydroxyl groups is 1. The summed E-state index contributed by atoms with van der Waals surface area (Å²) in [5.74, 6) is 0.461. The summed E-state index contributed by atoms with van der Waals surface area (Å²) in [7, 11) is 1.74. The number of nitrogen functional groups attached to an aromatic ring is 1. The number of aromatic nitrogens is 2. The number of anilines is 2. The average molecular weight is 304 g/mol. The second-order valence-corrected chi connectivity index (χ2v) is 5.94. The van der Waals surface area contributed by atoms with Crippen LogP contribution >= 0.6 is 0 Å². The largest absolute Gasteiger partial charge is 0.506 e. The molecular formula is C15H20N4O3. The van der Waals surface area contributed by atoms with Crippen LogP contribution in [-0.2, 0) is 11.8 Å². The second-order valence-electron chi connectivity index (χ2n) is 5.94. The molecule has 0 saturated carbocycles. The van der Waals surface area contributed by atoms with E-state index >= 15 is 0 Å². The van der Waals surface area contributed by atoms with Gasteiger partial charge in [0, 0.05) is 18.7 Å². The van der Waals surface area contributed by atoms with Gasteiger partial charge in [-0.25, -0.2) is 4.79 Å². The van der Waals surface area contributed by atoms with Gasteiger partial charge in [0.2, 0.25) is 0 Å². The molecule has 1 aromatic carbocycles. The second kappa shape index (κ2) is 5.59. The minimum absolute atomic E-state index is 0.0569. The molecular weight excluding hydrogens is 284 g/mol. The van der Waals surface area contributed by atoms with E-state index < -0.39 is 11.7 Å². The number of phenolic OH excluding ortho intramolecular Hbond substituents is 1. The van der Waals surface area contributed by atoms with Gasteiger partial charge < -0.3 is 15.6 Å². The van der Waals surface area contributed by atoms with E-state index in [0.29, 0.717) is 11.5 Å². The summed E-state index contributed by atoms with van der Waals surface area (Å²) in [5.41, 5.74) is 6.75. The van der Waals surface area contributed by atoms with Crippen molar-refractivity contribution < 1.29 is 14.6 Å². The van der Waals surface area contributed by atoms with Crippen LogP contribution in [0.4, 0.5) is 16.3 Å². The number of aryl methyl sites for hydroxylation is 1. The van der Waals surface area contributed by atoms with Crippen LogP contribution in [0, 0.1) is 0 Å². The summed E-state index contributed by atoms with van der Waals surface area (Å²) in [6.07, 6.45) is -0.638. The number of hydrogen-bond donors (Lipinski definition) is 3. The Kier molecular flexibility index (Phi) is 3.99. The van der Waals surface area contributed by atoms with Gasteiger partial charge in [0.05, 0.1) is 11.4 Å². The summed E-state index contributed by atoms with van der Waals surface area (Å²) < 4.78 is 6.71. The fourth-order valence-electron chi connectivity index (χ4n) is 1.83. The van der Waals surface area contributed by atoms with Crippen LogP contribution < -0.4 is 11.1 Å². The van der Waals surface area contributed by atoms with Gasteiger partial charge in [-0.15, -0.1) is 0 Å². The van der Waals surface area contributed by atoms with Crippen molar-refractivity contribution in [2.75, 3.05) is 11.1 Å². The highest BCUT2D eigenvalue weighted by molar-refractivity contribution is 5.88. The van der Waals surface area contributed by atoms with E-state index in [0.717, 1.165) is 5.56 Å². The van der Waals surface area contributed by atoms with Gasteiger partial charge >= 0.3 is 6.09 Å². The number of carbonyl (C=O) groups excluding carboxylic acids is 1. The molecule has 1 amide bonds. The smallest absolute Gasteiger partial charge is 0.412 e. The van der Waals surface area contributed by atoms with Crippen LogP contribution in [0.15, 0.2) is 24.3 Å². The van der Waals surface area contributed by atoms with Crippen LogP contribution in [0.1, 0.15) is 20.8 Å². The SMILES string of the molecule is Cn1nc(-c2ccc(O)c(NC(=O)OC(C)(C)C)c2)cc1N. The first-order chi connectivity index (χ1) is 10.2. The van der Waals surface area contributed by atoms with E-state index in [9.17, 15) is 9.90 Å². The summed E-state index contributed by atoms with van der Waals surface area (Å²) in [4.78, 5) is 11.8. The number of carbonyl (C=O) groups is 1. The van der Waals surface area contributed by atoms with Gasteiger partial charge in [0.25, 0.3) is 0 Å². The van der Waals surface area contributed by atoms with E-state index in [2.05, 4.69) is 10.4 Å². The molecule has 0 unspecified atom stereocenters. The Morgan fingerprint density at radius 1 is 1.36 bits per heavy atom. The molecule has 0 aliphatic rings. The lowest BCUT2D eigenvalue weighted by Crippen LogP contribution is -2.27. The molecule has 0 bridgehead atoms. The van der Waals surface area contributed by atoms with Gasteiger partial charge in [-0.2, -0.15) is 5.10 Å². The predicted octanol–water partition coefficient (Wildman–Crippen LogP) is 2.72. The topological polar surface area (TPSA) is 102 Å². The average Bonchev–Trinajstić information content (AvgIpc) is 2.70. The van der Waals surface area contributed by atoms with Gasteiger partial charge in [-0.05, 0) is 39.0 Å². The van der Waals surface area contributed by atoms with Crippen molar-refractivity contribution in [2.45, 2.75) is 26.4 Å². The molecule has 7 nitrogen and oxygen atoms in total. The van der Waals surface area contributed by atoms with Crippen LogP contribution in [0.3, 0.4) is 0 Å². The van der Waals surface area contributed by atoms with Crippen molar-refractivity contribution in [1.82, 2.24) is 9.78 Å². The summed E-state index contributed by atoms with van der Waals surface area (Å²) >= 11 is 0. The molecule has 7 heteroatoms. The number of amides is 1. The molecule has 0 saturated heterocycles. The fourth-order valence-corrected chi connectivity index (χ4v) is 1.83. The number of nitrogens with zero attached hydrogens (tertiary/aromatic N) is 2. The lowest BCUT2D eigenvalue weighted by molar-refractivity contribution is 0.0635. The molecule has 1 aromatic heterocycles. The molecule has 0 radical (unpaired) electrons. The van der Waals surface area contributed by atoms with Gasteiger partial charge in [0.1, 0.15) is 17.2 Å². The molecule has 0 fully saturated rings. The Morgan fingerprint density at radius 3 is 2.59 bits per heavy atom. The zero-order chi connectivity index (χ0) is 16.5. The molecule has 4 N–H and O–H groups in total. The van der Waals surface area contributed by atoms with E-state index in [1.165, 1.54) is 6.07 Å². The number of nitrogens with one attached hydrogen (secondary N) is 1. The Hall–Kier alpha value is -2.70. The summed E-state index contributed by atoms with van der Waals surface area (Å²) in [6.45, 7) is 5.29. The zero-order valence-corrected chi connectivity index (χ0v) is 13.0. The molecule has 2 aromatic rings. The third-order valence-corrected chi connectivity index (χ3v) is 2.84. The number of ether oxygens (including phenoxy) is 1. The highest BCUT2D eigenvalue weighted by Gasteiger charge is 2.18. The lowest BCUT2D eigenvalue weighted by Gasteiger charge is -2.20. The number of hydrogen-bond acceptors (Lipinski definition) is 5. The minimum atomic E-state index is -0.638. The molecule has 22 heavy (non-hydrogen) atoms. The molecule has 2 rings (SSSR count). The Morgan fingerprint density at radius 2 is 2.05 bits per heavy atom. The van der Waals surface area contributed by atoms with Gasteiger partial charge in [0.15, 0.2) is 0 Å². The summed E-state index contributed by atoms with van der Waals surface area (Å²) in [5, 5.41) is 16.6. The monoisotopic (exact) mass is 304 g/mol. The fraction of sp³-hybridized carbons (Fsp3) is 0.333. The standard InChI is InChI=1S/C15H20N4O3/c1-15(2,3)22-14(21)17-11-7-9(5-6-12(11)20)10-8-13(16)19(4)18-10/h5-8,20H,16H2,1-4H3,(H,17,21). The first-order valence-corrected chi connectivity index (χ1v) is 6.78. The molecule has 118 valence electrons. The van der Waals surface area contributed by atoms with Crippen molar-refractivity contribution in [1.29, 1.82) is 0 Å². The van der Waals surface area contributed by atoms with Crippen LogP contribution in [0.2, 0.25) is 0 Å². The predicted molar refractivity (Wildman–Crippen MR) is 84.6 cm³/mol. The summed E-state index contributed by atoms with van der Waals surface area (Å²) in [6, 6.07) is 6.49. The van der Waals surface area contributed by atoms with Crippen LogP contribution in [0.25, 0.3) is 11.3 Å². The number of benzene rings is 1. The maximum Gasteiger partial charge on any atom is 0.412 e. The van der Waals surface area contributed by atoms with Crippen molar-refractivity contribution in [3.8, 4) is 17.0 Å². The van der Waals surface area contributed by atoms with E-state index in [1.54, 1.807) is 50.7 Å². The van der Waals surface area contributed by atoms with Crippen molar-refractivity contribution in [3.63, 3.8) is 0 Å². The third-order valence-electron chi connectivity index (χ3n) is 2.84. The number of nitrogens with two attached hydrogens (primary N) is 1. The number of phenols is 1. The zero-order valence-electron chi connectivity index (χ0n) is 13.0. The highest BCUT2D eigenvalue weighted by atomic mass is 16.6. The Labute approximate surface area is 128 Å². The molecule has 0 spiro atoms. The maximum absolute atomic E-state index is 11.8. The van der Waals surface area contributed by atoms with E-state index in [4.69, 9.17) is 10.5 Å².